The van der Waals surface area contributed by atoms with E-state index in [0.717, 1.165) is 6.42 Å². The molecule has 3 N–H and O–H groups in total. The predicted octanol–water partition coefficient (Wildman–Crippen LogP) is 2.13. The summed E-state index contributed by atoms with van der Waals surface area (Å²) in [5.74, 6) is -1.21. The Bertz CT molecular complexity index is 968. The van der Waals surface area contributed by atoms with Gasteiger partial charge in [-0.1, -0.05) is 39.3 Å². The number of anilines is 2. The third kappa shape index (κ3) is 5.46. The minimum absolute atomic E-state index is 0.0667. The fourth-order valence-corrected chi connectivity index (χ4v) is 2.84. The van der Waals surface area contributed by atoms with Crippen LogP contribution in [0.25, 0.3) is 0 Å². The van der Waals surface area contributed by atoms with Crippen LogP contribution in [-0.4, -0.2) is 28.6 Å². The number of nitrogens with zero attached hydrogens (tertiary/aromatic N) is 2. The minimum atomic E-state index is -0.747. The molecule has 1 aromatic carbocycles. The molecular formula is C20H27FN4O4. The van der Waals surface area contributed by atoms with Crippen molar-refractivity contribution < 1.29 is 13.9 Å². The molecule has 0 fully saturated rings. The van der Waals surface area contributed by atoms with Gasteiger partial charge >= 0.3 is 5.69 Å². The molecule has 0 saturated carbocycles. The van der Waals surface area contributed by atoms with Crippen molar-refractivity contribution in [1.29, 1.82) is 0 Å². The van der Waals surface area contributed by atoms with Gasteiger partial charge in [-0.05, 0) is 24.5 Å². The highest BCUT2D eigenvalue weighted by Gasteiger charge is 2.24. The van der Waals surface area contributed by atoms with Crippen LogP contribution in [0.1, 0.15) is 33.6 Å². The number of halogens is 1. The number of unbranched alkanes of at least 4 members (excludes halogenated alkanes) is 1. The third-order valence-corrected chi connectivity index (χ3v) is 4.26. The number of para-hydroxylation sites is 1. The van der Waals surface area contributed by atoms with Gasteiger partial charge in [0.2, 0.25) is 0 Å². The number of H-pyrrole nitrogens is 1. The third-order valence-electron chi connectivity index (χ3n) is 4.26. The quantitative estimate of drug-likeness (QED) is 0.663. The van der Waals surface area contributed by atoms with Crippen molar-refractivity contribution in [2.75, 3.05) is 23.8 Å². The molecule has 0 unspecified atom stereocenters. The molecule has 8 nitrogen and oxygen atoms in total. The van der Waals surface area contributed by atoms with E-state index in [-0.39, 0.29) is 36.3 Å². The Kier molecular flexibility index (Phi) is 7.58. The molecular weight excluding hydrogens is 379 g/mol. The normalized spacial score (nSPS) is 10.9. The number of benzene rings is 1. The van der Waals surface area contributed by atoms with E-state index in [0.29, 0.717) is 6.42 Å². The number of hydrogen-bond acceptors (Lipinski definition) is 5. The highest BCUT2D eigenvalue weighted by molar-refractivity contribution is 5.96. The number of nitrogens with two attached hydrogens (primary N) is 1. The van der Waals surface area contributed by atoms with Crippen LogP contribution >= 0.6 is 0 Å². The molecule has 0 aliphatic carbocycles. The molecule has 158 valence electrons. The first kappa shape index (κ1) is 22.2. The summed E-state index contributed by atoms with van der Waals surface area (Å²) in [6, 6.07) is 5.72. The van der Waals surface area contributed by atoms with Gasteiger partial charge in [0.05, 0.1) is 0 Å². The van der Waals surface area contributed by atoms with Crippen LogP contribution in [0.4, 0.5) is 15.9 Å². The molecule has 0 bridgehead atoms. The van der Waals surface area contributed by atoms with Crippen molar-refractivity contribution in [3.8, 4) is 5.75 Å². The molecule has 2 rings (SSSR count). The van der Waals surface area contributed by atoms with E-state index < -0.39 is 29.6 Å². The number of nitrogen functional groups attached to an aromatic ring is 1. The van der Waals surface area contributed by atoms with E-state index in [4.69, 9.17) is 10.5 Å². The van der Waals surface area contributed by atoms with Crippen LogP contribution in [0.5, 0.6) is 5.75 Å². The first-order chi connectivity index (χ1) is 13.8. The van der Waals surface area contributed by atoms with Gasteiger partial charge < -0.3 is 15.4 Å². The number of aromatic amines is 1. The van der Waals surface area contributed by atoms with Crippen LogP contribution in [0.2, 0.25) is 0 Å². The van der Waals surface area contributed by atoms with Gasteiger partial charge in [-0.3, -0.25) is 19.1 Å². The lowest BCUT2D eigenvalue weighted by Crippen LogP contribution is -2.43. The van der Waals surface area contributed by atoms with Crippen LogP contribution in [0, 0.1) is 11.7 Å². The molecule has 1 aromatic heterocycles. The maximum absolute atomic E-state index is 13.8. The summed E-state index contributed by atoms with van der Waals surface area (Å²) in [5, 5.41) is 0. The second-order valence-electron chi connectivity index (χ2n) is 7.12. The number of nitrogens with one attached hydrogen (secondary N) is 1. The van der Waals surface area contributed by atoms with E-state index in [1.54, 1.807) is 6.07 Å². The predicted molar refractivity (Wildman–Crippen MR) is 110 cm³/mol. The molecule has 0 aliphatic heterocycles. The summed E-state index contributed by atoms with van der Waals surface area (Å²) in [4.78, 5) is 40.9. The Labute approximate surface area is 168 Å². The van der Waals surface area contributed by atoms with Gasteiger partial charge in [0, 0.05) is 13.1 Å². The summed E-state index contributed by atoms with van der Waals surface area (Å²) < 4.78 is 20.3. The van der Waals surface area contributed by atoms with Crippen molar-refractivity contribution >= 4 is 17.4 Å². The molecule has 9 heteroatoms. The van der Waals surface area contributed by atoms with E-state index in [1.807, 2.05) is 20.8 Å². The van der Waals surface area contributed by atoms with E-state index in [1.165, 1.54) is 27.7 Å². The Morgan fingerprint density at radius 3 is 2.62 bits per heavy atom. The first-order valence-corrected chi connectivity index (χ1v) is 9.56. The minimum Gasteiger partial charge on any atom is -0.481 e. The number of rotatable bonds is 9. The van der Waals surface area contributed by atoms with Gasteiger partial charge in [0.15, 0.2) is 23.9 Å². The molecule has 0 aliphatic rings. The van der Waals surface area contributed by atoms with Crippen molar-refractivity contribution in [3.63, 3.8) is 0 Å². The lowest BCUT2D eigenvalue weighted by Gasteiger charge is -2.25. The van der Waals surface area contributed by atoms with E-state index in [9.17, 15) is 18.8 Å². The Morgan fingerprint density at radius 1 is 1.31 bits per heavy atom. The van der Waals surface area contributed by atoms with Crippen LogP contribution in [0.3, 0.4) is 0 Å². The number of amides is 1. The largest absolute Gasteiger partial charge is 0.481 e. The van der Waals surface area contributed by atoms with E-state index in [2.05, 4.69) is 4.98 Å². The smallest absolute Gasteiger partial charge is 0.330 e. The van der Waals surface area contributed by atoms with Gasteiger partial charge in [0.1, 0.15) is 5.82 Å². The lowest BCUT2D eigenvalue weighted by molar-refractivity contribution is -0.120. The first-order valence-electron chi connectivity index (χ1n) is 9.56. The molecule has 0 atom stereocenters. The summed E-state index contributed by atoms with van der Waals surface area (Å²) in [6.45, 7) is 5.76. The zero-order chi connectivity index (χ0) is 21.6. The molecule has 29 heavy (non-hydrogen) atoms. The van der Waals surface area contributed by atoms with Crippen molar-refractivity contribution in [1.82, 2.24) is 9.55 Å². The molecule has 0 saturated heterocycles. The highest BCUT2D eigenvalue weighted by atomic mass is 19.1. The monoisotopic (exact) mass is 406 g/mol. The van der Waals surface area contributed by atoms with Crippen LogP contribution < -0.4 is 26.6 Å². The number of aromatic nitrogens is 2. The number of carbonyl (C=O) groups excluding carboxylic acids is 1. The summed E-state index contributed by atoms with van der Waals surface area (Å²) in [6.07, 6.45) is 1.37. The molecule has 2 aromatic rings. The van der Waals surface area contributed by atoms with Gasteiger partial charge in [-0.25, -0.2) is 9.18 Å². The van der Waals surface area contributed by atoms with Gasteiger partial charge in [-0.2, -0.15) is 0 Å². The molecule has 0 spiro atoms. The summed E-state index contributed by atoms with van der Waals surface area (Å²) in [7, 11) is 0. The number of ether oxygens (including phenoxy) is 1. The SMILES string of the molecule is CCCCN(C(=O)COc1ccccc1F)c1c(N)n(CC(C)C)c(=O)[nH]c1=O. The standard InChI is InChI=1S/C20H27FN4O4/c1-4-5-10-24(16(26)12-29-15-9-7-6-8-14(15)21)17-18(22)25(11-13(2)3)20(28)23-19(17)27/h6-9,13H,4-5,10-12,22H2,1-3H3,(H,23,27,28). The maximum atomic E-state index is 13.8. The number of hydrogen-bond donors (Lipinski definition) is 2. The van der Waals surface area contributed by atoms with Crippen LogP contribution in [0.15, 0.2) is 33.9 Å². The average molecular weight is 406 g/mol. The zero-order valence-electron chi connectivity index (χ0n) is 16.9. The Hall–Kier alpha value is -3.10. The second-order valence-corrected chi connectivity index (χ2v) is 7.12. The Balaban J connectivity index is 2.38. The highest BCUT2D eigenvalue weighted by Crippen LogP contribution is 2.20. The van der Waals surface area contributed by atoms with Gasteiger partial charge in [0.25, 0.3) is 11.5 Å². The summed E-state index contributed by atoms with van der Waals surface area (Å²) >= 11 is 0. The molecule has 0 radical (unpaired) electrons. The molecule has 1 heterocycles. The van der Waals surface area contributed by atoms with Crippen molar-refractivity contribution in [2.45, 2.75) is 40.2 Å². The average Bonchev–Trinajstić information content (AvgIpc) is 2.66. The lowest BCUT2D eigenvalue weighted by atomic mass is 10.2. The fraction of sp³-hybridized carbons (Fsp3) is 0.450. The molecule has 1 amide bonds. The van der Waals surface area contributed by atoms with Crippen molar-refractivity contribution in [3.05, 3.63) is 50.9 Å². The number of carbonyl (C=O) groups is 1. The zero-order valence-corrected chi connectivity index (χ0v) is 16.9. The van der Waals surface area contributed by atoms with Gasteiger partial charge in [-0.15, -0.1) is 0 Å². The second kappa shape index (κ2) is 9.90. The summed E-state index contributed by atoms with van der Waals surface area (Å²) in [5.41, 5.74) is 4.65. The Morgan fingerprint density at radius 2 is 2.00 bits per heavy atom. The van der Waals surface area contributed by atoms with E-state index >= 15 is 0 Å². The van der Waals surface area contributed by atoms with Crippen LogP contribution in [-0.2, 0) is 11.3 Å². The maximum Gasteiger partial charge on any atom is 0.330 e. The topological polar surface area (TPSA) is 110 Å². The fourth-order valence-electron chi connectivity index (χ4n) is 2.84. The van der Waals surface area contributed by atoms with Crippen molar-refractivity contribution in [2.24, 2.45) is 5.92 Å².